The Hall–Kier alpha value is -1.75. The van der Waals surface area contributed by atoms with Gasteiger partial charge >= 0.3 is 0 Å². The Morgan fingerprint density at radius 2 is 2.12 bits per heavy atom. The molecule has 0 saturated carbocycles. The number of phenolic OH excluding ortho intramolecular Hbond substituents is 2. The summed E-state index contributed by atoms with van der Waals surface area (Å²) in [6, 6.07) is 3.92. The van der Waals surface area contributed by atoms with Gasteiger partial charge in [-0.2, -0.15) is 0 Å². The highest BCUT2D eigenvalue weighted by atomic mass is 16.3. The molecule has 0 aliphatic carbocycles. The van der Waals surface area contributed by atoms with Crippen LogP contribution in [0.2, 0.25) is 0 Å². The monoisotopic (exact) mass is 238 g/mol. The van der Waals surface area contributed by atoms with Gasteiger partial charge in [0.05, 0.1) is 5.56 Å². The normalized spacial score (nSPS) is 10.2. The van der Waals surface area contributed by atoms with Crippen molar-refractivity contribution in [2.75, 3.05) is 27.2 Å². The second kappa shape index (κ2) is 6.10. The zero-order valence-corrected chi connectivity index (χ0v) is 10.1. The smallest absolute Gasteiger partial charge is 0.257 e. The number of amides is 1. The zero-order valence-electron chi connectivity index (χ0n) is 10.1. The van der Waals surface area contributed by atoms with Gasteiger partial charge in [0.25, 0.3) is 5.91 Å². The molecule has 1 amide bonds. The molecule has 0 saturated heterocycles. The lowest BCUT2D eigenvalue weighted by molar-refractivity contribution is 0.0790. The van der Waals surface area contributed by atoms with E-state index in [4.69, 9.17) is 0 Å². The second-order valence-electron chi connectivity index (χ2n) is 3.89. The van der Waals surface area contributed by atoms with E-state index in [0.29, 0.717) is 6.54 Å². The number of rotatable bonds is 5. The Labute approximate surface area is 101 Å². The summed E-state index contributed by atoms with van der Waals surface area (Å²) >= 11 is 0. The molecule has 0 heterocycles. The largest absolute Gasteiger partial charge is 0.508 e. The lowest BCUT2D eigenvalue weighted by Crippen LogP contribution is -2.29. The van der Waals surface area contributed by atoms with Crippen LogP contribution < -0.4 is 5.32 Å². The Bertz CT molecular complexity index is 393. The van der Waals surface area contributed by atoms with Crippen molar-refractivity contribution in [2.24, 2.45) is 0 Å². The van der Waals surface area contributed by atoms with Gasteiger partial charge < -0.3 is 20.4 Å². The van der Waals surface area contributed by atoms with Crippen molar-refractivity contribution in [3.05, 3.63) is 23.8 Å². The standard InChI is InChI=1S/C12H18N2O3/c1-13-6-3-7-14(2)12(17)10-8-9(15)4-5-11(10)16/h4-5,8,13,15-16H,3,6-7H2,1-2H3. The van der Waals surface area contributed by atoms with E-state index < -0.39 is 0 Å². The van der Waals surface area contributed by atoms with Crippen LogP contribution in [0, 0.1) is 0 Å². The highest BCUT2D eigenvalue weighted by Gasteiger charge is 2.15. The molecular weight excluding hydrogens is 220 g/mol. The highest BCUT2D eigenvalue weighted by molar-refractivity contribution is 5.97. The third kappa shape index (κ3) is 3.64. The molecule has 0 aromatic heterocycles. The van der Waals surface area contributed by atoms with Crippen LogP contribution in [0.1, 0.15) is 16.8 Å². The van der Waals surface area contributed by atoms with E-state index in [0.717, 1.165) is 13.0 Å². The van der Waals surface area contributed by atoms with E-state index >= 15 is 0 Å². The first-order chi connectivity index (χ1) is 8.06. The van der Waals surface area contributed by atoms with Crippen molar-refractivity contribution in [3.8, 4) is 11.5 Å². The minimum atomic E-state index is -0.297. The molecule has 94 valence electrons. The van der Waals surface area contributed by atoms with Gasteiger partial charge in [0.1, 0.15) is 11.5 Å². The second-order valence-corrected chi connectivity index (χ2v) is 3.89. The number of hydrogen-bond acceptors (Lipinski definition) is 4. The minimum Gasteiger partial charge on any atom is -0.508 e. The van der Waals surface area contributed by atoms with Crippen LogP contribution in [0.4, 0.5) is 0 Å². The molecule has 0 radical (unpaired) electrons. The van der Waals surface area contributed by atoms with E-state index in [1.165, 1.54) is 23.1 Å². The molecule has 1 aromatic rings. The molecule has 5 nitrogen and oxygen atoms in total. The number of carbonyl (C=O) groups is 1. The molecule has 0 unspecified atom stereocenters. The lowest BCUT2D eigenvalue weighted by atomic mass is 10.1. The first-order valence-corrected chi connectivity index (χ1v) is 5.48. The number of benzene rings is 1. The summed E-state index contributed by atoms with van der Waals surface area (Å²) in [5, 5.41) is 21.8. The average molecular weight is 238 g/mol. The average Bonchev–Trinajstić information content (AvgIpc) is 2.31. The molecule has 0 atom stereocenters. The predicted molar refractivity (Wildman–Crippen MR) is 65.3 cm³/mol. The fourth-order valence-corrected chi connectivity index (χ4v) is 1.50. The molecule has 5 heteroatoms. The van der Waals surface area contributed by atoms with Crippen LogP contribution in [0.15, 0.2) is 18.2 Å². The van der Waals surface area contributed by atoms with Gasteiger partial charge in [0.2, 0.25) is 0 Å². The maximum absolute atomic E-state index is 11.9. The number of hydrogen-bond donors (Lipinski definition) is 3. The van der Waals surface area contributed by atoms with Crippen molar-refractivity contribution in [1.29, 1.82) is 0 Å². The highest BCUT2D eigenvalue weighted by Crippen LogP contribution is 2.23. The third-order valence-corrected chi connectivity index (χ3v) is 2.48. The van der Waals surface area contributed by atoms with Crippen molar-refractivity contribution in [1.82, 2.24) is 10.2 Å². The van der Waals surface area contributed by atoms with Crippen molar-refractivity contribution in [2.45, 2.75) is 6.42 Å². The number of nitrogens with zero attached hydrogens (tertiary/aromatic N) is 1. The Morgan fingerprint density at radius 1 is 1.41 bits per heavy atom. The molecule has 0 fully saturated rings. The Kier molecular flexibility index (Phi) is 4.78. The number of phenols is 2. The minimum absolute atomic E-state index is 0.0326. The van der Waals surface area contributed by atoms with E-state index in [9.17, 15) is 15.0 Å². The molecule has 1 aromatic carbocycles. The Morgan fingerprint density at radius 3 is 2.76 bits per heavy atom. The van der Waals surface area contributed by atoms with E-state index in [1.54, 1.807) is 7.05 Å². The molecule has 0 aliphatic rings. The number of aromatic hydroxyl groups is 2. The van der Waals surface area contributed by atoms with Crippen LogP contribution in [-0.4, -0.2) is 48.2 Å². The van der Waals surface area contributed by atoms with Crippen molar-refractivity contribution < 1.29 is 15.0 Å². The summed E-state index contributed by atoms with van der Waals surface area (Å²) in [5.74, 6) is -0.447. The van der Waals surface area contributed by atoms with Crippen LogP contribution in [-0.2, 0) is 0 Å². The molecular formula is C12H18N2O3. The maximum atomic E-state index is 11.9. The van der Waals surface area contributed by atoms with Gasteiger partial charge in [-0.1, -0.05) is 0 Å². The summed E-state index contributed by atoms with van der Waals surface area (Å²) in [6.45, 7) is 1.42. The first kappa shape index (κ1) is 13.3. The molecule has 1 rings (SSSR count). The summed E-state index contributed by atoms with van der Waals surface area (Å²) in [4.78, 5) is 13.5. The van der Waals surface area contributed by atoms with Gasteiger partial charge in [0, 0.05) is 13.6 Å². The predicted octanol–water partition coefficient (Wildman–Crippen LogP) is 0.779. The fourth-order valence-electron chi connectivity index (χ4n) is 1.50. The summed E-state index contributed by atoms with van der Waals surface area (Å²) in [6.07, 6.45) is 0.832. The van der Waals surface area contributed by atoms with Crippen LogP contribution in [0.5, 0.6) is 11.5 Å². The lowest BCUT2D eigenvalue weighted by Gasteiger charge is -2.17. The zero-order chi connectivity index (χ0) is 12.8. The fraction of sp³-hybridized carbons (Fsp3) is 0.417. The van der Waals surface area contributed by atoms with E-state index in [-0.39, 0.29) is 23.0 Å². The van der Waals surface area contributed by atoms with E-state index in [2.05, 4.69) is 5.32 Å². The first-order valence-electron chi connectivity index (χ1n) is 5.48. The molecule has 0 spiro atoms. The topological polar surface area (TPSA) is 72.8 Å². The SMILES string of the molecule is CNCCCN(C)C(=O)c1cc(O)ccc1O. The third-order valence-electron chi connectivity index (χ3n) is 2.48. The number of carbonyl (C=O) groups excluding carboxylic acids is 1. The summed E-state index contributed by atoms with van der Waals surface area (Å²) in [7, 11) is 3.52. The van der Waals surface area contributed by atoms with Gasteiger partial charge in [-0.25, -0.2) is 0 Å². The molecule has 3 N–H and O–H groups in total. The van der Waals surface area contributed by atoms with Crippen LogP contribution in [0.25, 0.3) is 0 Å². The molecule has 17 heavy (non-hydrogen) atoms. The van der Waals surface area contributed by atoms with Crippen molar-refractivity contribution in [3.63, 3.8) is 0 Å². The van der Waals surface area contributed by atoms with Gasteiger partial charge in [0.15, 0.2) is 0 Å². The molecule has 0 bridgehead atoms. The number of nitrogens with one attached hydrogen (secondary N) is 1. The van der Waals surface area contributed by atoms with E-state index in [1.807, 2.05) is 7.05 Å². The van der Waals surface area contributed by atoms with Gasteiger partial charge in [-0.3, -0.25) is 4.79 Å². The van der Waals surface area contributed by atoms with Gasteiger partial charge in [-0.05, 0) is 38.2 Å². The Balaban J connectivity index is 2.71. The summed E-state index contributed by atoms with van der Waals surface area (Å²) in [5.41, 5.74) is 0.122. The van der Waals surface area contributed by atoms with Crippen LogP contribution in [0.3, 0.4) is 0 Å². The van der Waals surface area contributed by atoms with Crippen LogP contribution >= 0.6 is 0 Å². The van der Waals surface area contributed by atoms with Crippen molar-refractivity contribution >= 4 is 5.91 Å². The molecule has 0 aliphatic heterocycles. The summed E-state index contributed by atoms with van der Waals surface area (Å²) < 4.78 is 0. The van der Waals surface area contributed by atoms with Gasteiger partial charge in [-0.15, -0.1) is 0 Å². The quantitative estimate of drug-likeness (QED) is 0.523. The maximum Gasteiger partial charge on any atom is 0.257 e.